The average molecular weight is 378 g/mol. The molecule has 2 aliphatic rings. The summed E-state index contributed by atoms with van der Waals surface area (Å²) in [6.45, 7) is 6.80. The average Bonchev–Trinajstić information content (AvgIpc) is 2.92. The van der Waals surface area contributed by atoms with Crippen LogP contribution < -0.4 is 5.43 Å². The highest BCUT2D eigenvalue weighted by Crippen LogP contribution is 2.63. The van der Waals surface area contributed by atoms with Crippen molar-refractivity contribution in [3.05, 3.63) is 29.8 Å². The number of fused-ring (bicyclic) bond motifs is 2. The highest BCUT2D eigenvalue weighted by Gasteiger charge is 2.60. The molecule has 3 rings (SSSR count). The van der Waals surface area contributed by atoms with Gasteiger partial charge in [0.15, 0.2) is 0 Å². The van der Waals surface area contributed by atoms with Crippen LogP contribution in [0.2, 0.25) is 0 Å². The zero-order valence-corrected chi connectivity index (χ0v) is 16.9. The van der Waals surface area contributed by atoms with E-state index in [1.807, 2.05) is 0 Å². The van der Waals surface area contributed by atoms with Crippen molar-refractivity contribution in [1.82, 2.24) is 9.73 Å². The molecule has 0 aromatic heterocycles. The number of carbonyl (C=O) groups is 1. The van der Waals surface area contributed by atoms with Gasteiger partial charge >= 0.3 is 0 Å². The van der Waals surface area contributed by atoms with Gasteiger partial charge in [0.25, 0.3) is 5.91 Å². The highest BCUT2D eigenvalue weighted by molar-refractivity contribution is 7.89. The van der Waals surface area contributed by atoms with Gasteiger partial charge in [0.05, 0.1) is 4.90 Å². The van der Waals surface area contributed by atoms with Gasteiger partial charge in [-0.15, -0.1) is 0 Å². The van der Waals surface area contributed by atoms with Gasteiger partial charge < -0.3 is 0 Å². The summed E-state index contributed by atoms with van der Waals surface area (Å²) in [5.74, 6) is 0.217. The first-order valence-corrected chi connectivity index (χ1v) is 10.3. The Morgan fingerprint density at radius 1 is 1.27 bits per heavy atom. The van der Waals surface area contributed by atoms with E-state index in [9.17, 15) is 13.2 Å². The molecule has 2 fully saturated rings. The fourth-order valence-corrected chi connectivity index (χ4v) is 5.24. The fourth-order valence-electron chi connectivity index (χ4n) is 4.29. The number of nitrogens with zero attached hydrogens (tertiary/aromatic N) is 2. The van der Waals surface area contributed by atoms with E-state index in [2.05, 4.69) is 31.3 Å². The molecule has 6 nitrogen and oxygen atoms in total. The van der Waals surface area contributed by atoms with Crippen LogP contribution in [0.15, 0.2) is 34.3 Å². The van der Waals surface area contributed by atoms with Gasteiger partial charge in [-0.1, -0.05) is 26.8 Å². The van der Waals surface area contributed by atoms with Crippen molar-refractivity contribution in [3.63, 3.8) is 0 Å². The predicted molar refractivity (Wildman–Crippen MR) is 101 cm³/mol. The second kappa shape index (κ2) is 6.16. The smallest absolute Gasteiger partial charge is 0.267 e. The van der Waals surface area contributed by atoms with E-state index in [-0.39, 0.29) is 21.3 Å². The second-order valence-corrected chi connectivity index (χ2v) is 10.5. The fraction of sp³-hybridized carbons (Fsp3) is 0.579. The lowest BCUT2D eigenvalue weighted by atomic mass is 9.70. The molecule has 0 heterocycles. The van der Waals surface area contributed by atoms with Gasteiger partial charge in [-0.2, -0.15) is 5.10 Å². The molecular formula is C19H27N3O3S. The van der Waals surface area contributed by atoms with Crippen molar-refractivity contribution in [3.8, 4) is 0 Å². The molecule has 0 saturated heterocycles. The van der Waals surface area contributed by atoms with Crippen molar-refractivity contribution < 1.29 is 13.2 Å². The highest BCUT2D eigenvalue weighted by atomic mass is 32.2. The molecule has 2 bridgehead atoms. The molecule has 2 aliphatic carbocycles. The lowest BCUT2D eigenvalue weighted by Crippen LogP contribution is -2.34. The van der Waals surface area contributed by atoms with Crippen LogP contribution in [0.1, 0.15) is 50.4 Å². The van der Waals surface area contributed by atoms with Crippen LogP contribution in [0.25, 0.3) is 0 Å². The molecular weight excluding hydrogens is 350 g/mol. The van der Waals surface area contributed by atoms with Crippen LogP contribution in [0.4, 0.5) is 0 Å². The van der Waals surface area contributed by atoms with Crippen LogP contribution in [0.5, 0.6) is 0 Å². The lowest BCUT2D eigenvalue weighted by Gasteiger charge is -2.34. The number of carbonyl (C=O) groups excluding carboxylic acids is 1. The van der Waals surface area contributed by atoms with Crippen LogP contribution >= 0.6 is 0 Å². The first-order valence-electron chi connectivity index (χ1n) is 8.90. The molecule has 26 heavy (non-hydrogen) atoms. The summed E-state index contributed by atoms with van der Waals surface area (Å²) in [5.41, 5.74) is 4.17. The number of hydrogen-bond donors (Lipinski definition) is 1. The SMILES string of the molecule is CN(C)S(=O)(=O)c1cccc(C(=O)N/N=C2/C[C@H]3CC[C@]2(C)C3(C)C)c1. The summed E-state index contributed by atoms with van der Waals surface area (Å²) < 4.78 is 25.6. The Labute approximate surface area is 155 Å². The molecule has 142 valence electrons. The molecule has 1 amide bonds. The number of amides is 1. The molecule has 0 spiro atoms. The van der Waals surface area contributed by atoms with E-state index in [0.717, 1.165) is 22.9 Å². The van der Waals surface area contributed by atoms with E-state index in [1.54, 1.807) is 12.1 Å². The molecule has 1 aromatic carbocycles. The second-order valence-electron chi connectivity index (χ2n) is 8.31. The summed E-state index contributed by atoms with van der Waals surface area (Å²) in [5, 5.41) is 4.43. The molecule has 2 saturated carbocycles. The van der Waals surface area contributed by atoms with E-state index in [0.29, 0.717) is 5.92 Å². The molecule has 0 aliphatic heterocycles. The topological polar surface area (TPSA) is 78.8 Å². The maximum absolute atomic E-state index is 12.5. The molecule has 7 heteroatoms. The van der Waals surface area contributed by atoms with E-state index in [4.69, 9.17) is 0 Å². The van der Waals surface area contributed by atoms with Gasteiger partial charge in [0.2, 0.25) is 10.0 Å². The molecule has 0 unspecified atom stereocenters. The third-order valence-electron chi connectivity index (χ3n) is 6.68. The third kappa shape index (κ3) is 2.77. The summed E-state index contributed by atoms with van der Waals surface area (Å²) in [6, 6.07) is 6.03. The Kier molecular flexibility index (Phi) is 4.51. The van der Waals surface area contributed by atoms with Crippen molar-refractivity contribution in [2.45, 2.75) is 44.9 Å². The van der Waals surface area contributed by atoms with Crippen molar-refractivity contribution in [2.24, 2.45) is 21.8 Å². The Balaban J connectivity index is 1.80. The first-order chi connectivity index (χ1) is 12.0. The summed E-state index contributed by atoms with van der Waals surface area (Å²) in [7, 11) is -0.650. The number of hydrogen-bond acceptors (Lipinski definition) is 4. The summed E-state index contributed by atoms with van der Waals surface area (Å²) >= 11 is 0. The first kappa shape index (κ1) is 19.0. The lowest BCUT2D eigenvalue weighted by molar-refractivity contribution is 0.0953. The van der Waals surface area contributed by atoms with E-state index in [1.165, 1.54) is 32.6 Å². The number of hydrazone groups is 1. The normalized spacial score (nSPS) is 28.7. The maximum Gasteiger partial charge on any atom is 0.271 e. The Morgan fingerprint density at radius 3 is 2.50 bits per heavy atom. The predicted octanol–water partition coefficient (Wildman–Crippen LogP) is 2.87. The minimum Gasteiger partial charge on any atom is -0.267 e. The monoisotopic (exact) mass is 377 g/mol. The maximum atomic E-state index is 12.5. The Bertz CT molecular complexity index is 874. The van der Waals surface area contributed by atoms with E-state index < -0.39 is 15.9 Å². The molecule has 1 aromatic rings. The zero-order chi connectivity index (χ0) is 19.3. The number of nitrogens with one attached hydrogen (secondary N) is 1. The van der Waals surface area contributed by atoms with Gasteiger partial charge in [-0.25, -0.2) is 18.1 Å². The minimum atomic E-state index is -3.58. The van der Waals surface area contributed by atoms with Gasteiger partial charge in [-0.3, -0.25) is 4.79 Å². The van der Waals surface area contributed by atoms with Crippen LogP contribution in [0, 0.1) is 16.7 Å². The van der Waals surface area contributed by atoms with Crippen LogP contribution in [-0.2, 0) is 10.0 Å². The molecule has 0 radical (unpaired) electrons. The largest absolute Gasteiger partial charge is 0.271 e. The zero-order valence-electron chi connectivity index (χ0n) is 16.0. The van der Waals surface area contributed by atoms with Crippen molar-refractivity contribution in [2.75, 3.05) is 14.1 Å². The van der Waals surface area contributed by atoms with Crippen molar-refractivity contribution >= 4 is 21.6 Å². The Hall–Kier alpha value is -1.73. The minimum absolute atomic E-state index is 0.0149. The van der Waals surface area contributed by atoms with Gasteiger partial charge in [-0.05, 0) is 48.8 Å². The quantitative estimate of drug-likeness (QED) is 0.820. The van der Waals surface area contributed by atoms with Crippen molar-refractivity contribution in [1.29, 1.82) is 0 Å². The molecule has 1 N–H and O–H groups in total. The summed E-state index contributed by atoms with van der Waals surface area (Å²) in [6.07, 6.45) is 3.22. The standard InChI is InChI=1S/C19H27N3O3S/c1-18(2)14-9-10-19(18,3)16(12-14)20-21-17(23)13-7-6-8-15(11-13)26(24,25)22(4)5/h6-8,11,14H,9-10,12H2,1-5H3,(H,21,23)/b20-16-/t14-,19+/m1/s1. The Morgan fingerprint density at radius 2 is 1.96 bits per heavy atom. The van der Waals surface area contributed by atoms with Crippen LogP contribution in [0.3, 0.4) is 0 Å². The third-order valence-corrected chi connectivity index (χ3v) is 8.49. The van der Waals surface area contributed by atoms with Gasteiger partial charge in [0, 0.05) is 30.8 Å². The van der Waals surface area contributed by atoms with Gasteiger partial charge in [0.1, 0.15) is 0 Å². The number of benzene rings is 1. The van der Waals surface area contributed by atoms with E-state index >= 15 is 0 Å². The van der Waals surface area contributed by atoms with Crippen LogP contribution in [-0.4, -0.2) is 38.4 Å². The molecule has 2 atom stereocenters. The summed E-state index contributed by atoms with van der Waals surface area (Å²) in [4.78, 5) is 12.6. The number of sulfonamides is 1. The number of rotatable bonds is 4.